The molecule has 2 aliphatic heterocycles. The summed E-state index contributed by atoms with van der Waals surface area (Å²) in [6.07, 6.45) is 3.45. The third-order valence-electron chi connectivity index (χ3n) is 4.83. The lowest BCUT2D eigenvalue weighted by Gasteiger charge is -2.22. The number of hydrogen-bond acceptors (Lipinski definition) is 6. The van der Waals surface area contributed by atoms with E-state index in [1.165, 1.54) is 0 Å². The molecule has 2 aromatic rings. The van der Waals surface area contributed by atoms with Gasteiger partial charge >= 0.3 is 0 Å². The SMILES string of the molecule is COc1cc(N2C[C@H]3CN(Cc4ccccn4)C[C@H]3C2)ncn1. The summed E-state index contributed by atoms with van der Waals surface area (Å²) in [7, 11) is 1.64. The number of likely N-dealkylation sites (tertiary alicyclic amines) is 1. The molecule has 4 rings (SSSR count). The highest BCUT2D eigenvalue weighted by atomic mass is 16.5. The number of aromatic nitrogens is 3. The first-order valence-electron chi connectivity index (χ1n) is 8.05. The van der Waals surface area contributed by atoms with Crippen molar-refractivity contribution >= 4 is 5.82 Å². The second-order valence-corrected chi connectivity index (χ2v) is 6.36. The van der Waals surface area contributed by atoms with Gasteiger partial charge in [-0.3, -0.25) is 9.88 Å². The highest BCUT2D eigenvalue weighted by Gasteiger charge is 2.40. The number of hydrogen-bond donors (Lipinski definition) is 0. The summed E-state index contributed by atoms with van der Waals surface area (Å²) in [5.41, 5.74) is 1.16. The minimum atomic E-state index is 0.629. The van der Waals surface area contributed by atoms with E-state index in [-0.39, 0.29) is 0 Å². The molecule has 0 aliphatic carbocycles. The lowest BCUT2D eigenvalue weighted by molar-refractivity contribution is 0.305. The predicted molar refractivity (Wildman–Crippen MR) is 87.3 cm³/mol. The van der Waals surface area contributed by atoms with Gasteiger partial charge in [-0.1, -0.05) is 6.07 Å². The van der Waals surface area contributed by atoms with Gasteiger partial charge in [0, 0.05) is 45.0 Å². The van der Waals surface area contributed by atoms with Gasteiger partial charge < -0.3 is 9.64 Å². The van der Waals surface area contributed by atoms with Crippen LogP contribution in [0.4, 0.5) is 5.82 Å². The summed E-state index contributed by atoms with van der Waals surface area (Å²) in [6, 6.07) is 8.06. The van der Waals surface area contributed by atoms with Gasteiger partial charge in [-0.15, -0.1) is 0 Å². The highest BCUT2D eigenvalue weighted by Crippen LogP contribution is 2.34. The van der Waals surface area contributed by atoms with Crippen LogP contribution in [-0.4, -0.2) is 53.1 Å². The summed E-state index contributed by atoms with van der Waals surface area (Å²) in [4.78, 5) is 17.8. The molecule has 0 bridgehead atoms. The second-order valence-electron chi connectivity index (χ2n) is 6.36. The van der Waals surface area contributed by atoms with Gasteiger partial charge in [0.1, 0.15) is 12.1 Å². The fraction of sp³-hybridized carbons (Fsp3) is 0.471. The van der Waals surface area contributed by atoms with Crippen LogP contribution in [0.3, 0.4) is 0 Å². The zero-order valence-electron chi connectivity index (χ0n) is 13.3. The number of fused-ring (bicyclic) bond motifs is 1. The molecular weight excluding hydrogens is 290 g/mol. The number of rotatable bonds is 4. The van der Waals surface area contributed by atoms with Crippen LogP contribution in [0.15, 0.2) is 36.8 Å². The van der Waals surface area contributed by atoms with E-state index in [1.807, 2.05) is 18.3 Å². The molecule has 0 aromatic carbocycles. The van der Waals surface area contributed by atoms with Crippen molar-refractivity contribution in [2.24, 2.45) is 11.8 Å². The Morgan fingerprint density at radius 3 is 2.61 bits per heavy atom. The van der Waals surface area contributed by atoms with Crippen LogP contribution in [0.1, 0.15) is 5.69 Å². The van der Waals surface area contributed by atoms with Crippen LogP contribution in [0.2, 0.25) is 0 Å². The topological polar surface area (TPSA) is 54.4 Å². The Kier molecular flexibility index (Phi) is 3.83. The Balaban J connectivity index is 1.38. The zero-order chi connectivity index (χ0) is 15.6. The molecule has 0 N–H and O–H groups in total. The van der Waals surface area contributed by atoms with Crippen LogP contribution in [-0.2, 0) is 6.54 Å². The van der Waals surface area contributed by atoms with Crippen LogP contribution < -0.4 is 9.64 Å². The number of nitrogens with zero attached hydrogens (tertiary/aromatic N) is 5. The Bertz CT molecular complexity index is 651. The lowest BCUT2D eigenvalue weighted by atomic mass is 10.0. The van der Waals surface area contributed by atoms with Crippen molar-refractivity contribution in [1.82, 2.24) is 19.9 Å². The molecule has 120 valence electrons. The van der Waals surface area contributed by atoms with Gasteiger partial charge in [0.2, 0.25) is 5.88 Å². The van der Waals surface area contributed by atoms with E-state index >= 15 is 0 Å². The Hall–Kier alpha value is -2.21. The quantitative estimate of drug-likeness (QED) is 0.852. The van der Waals surface area contributed by atoms with E-state index in [0.29, 0.717) is 17.7 Å². The fourth-order valence-electron chi connectivity index (χ4n) is 3.74. The van der Waals surface area contributed by atoms with Crippen LogP contribution in [0.25, 0.3) is 0 Å². The molecule has 2 fully saturated rings. The third-order valence-corrected chi connectivity index (χ3v) is 4.83. The van der Waals surface area contributed by atoms with Crippen molar-refractivity contribution in [3.8, 4) is 5.88 Å². The summed E-state index contributed by atoms with van der Waals surface area (Å²) in [5.74, 6) is 3.02. The molecular formula is C17H21N5O. The number of anilines is 1. The van der Waals surface area contributed by atoms with Crippen LogP contribution >= 0.6 is 0 Å². The van der Waals surface area contributed by atoms with Gasteiger partial charge in [-0.25, -0.2) is 9.97 Å². The molecule has 4 heterocycles. The maximum absolute atomic E-state index is 5.20. The Labute approximate surface area is 136 Å². The number of pyridine rings is 1. The van der Waals surface area contributed by atoms with E-state index < -0.39 is 0 Å². The summed E-state index contributed by atoms with van der Waals surface area (Å²) in [5, 5.41) is 0. The van der Waals surface area contributed by atoms with E-state index in [2.05, 4.69) is 36.9 Å². The molecule has 23 heavy (non-hydrogen) atoms. The summed E-state index contributed by atoms with van der Waals surface area (Å²) in [6.45, 7) is 5.35. The largest absolute Gasteiger partial charge is 0.481 e. The first-order valence-corrected chi connectivity index (χ1v) is 8.05. The van der Waals surface area contributed by atoms with E-state index in [1.54, 1.807) is 13.4 Å². The number of ether oxygens (including phenoxy) is 1. The highest BCUT2D eigenvalue weighted by molar-refractivity contribution is 5.42. The summed E-state index contributed by atoms with van der Waals surface area (Å²) < 4.78 is 5.20. The standard InChI is InChI=1S/C17H21N5O/c1-23-17-6-16(19-12-20-17)22-9-13-7-21(8-14(13)10-22)11-15-4-2-3-5-18-15/h2-6,12-14H,7-11H2,1H3/t13-,14+. The lowest BCUT2D eigenvalue weighted by Crippen LogP contribution is -2.29. The van der Waals surface area contributed by atoms with Gasteiger partial charge in [0.25, 0.3) is 0 Å². The molecule has 2 aromatic heterocycles. The van der Waals surface area contributed by atoms with Crippen molar-refractivity contribution in [2.45, 2.75) is 6.54 Å². The average Bonchev–Trinajstić information content (AvgIpc) is 3.14. The van der Waals surface area contributed by atoms with E-state index in [0.717, 1.165) is 44.2 Å². The maximum Gasteiger partial charge on any atom is 0.218 e. The first-order chi connectivity index (χ1) is 11.3. The van der Waals surface area contributed by atoms with Gasteiger partial charge in [-0.2, -0.15) is 0 Å². The van der Waals surface area contributed by atoms with Gasteiger partial charge in [0.15, 0.2) is 0 Å². The van der Waals surface area contributed by atoms with Crippen LogP contribution in [0, 0.1) is 11.8 Å². The molecule has 6 nitrogen and oxygen atoms in total. The maximum atomic E-state index is 5.20. The first kappa shape index (κ1) is 14.4. The second kappa shape index (κ2) is 6.12. The number of methoxy groups -OCH3 is 1. The van der Waals surface area contributed by atoms with Crippen molar-refractivity contribution in [3.63, 3.8) is 0 Å². The normalized spacial score (nSPS) is 24.0. The van der Waals surface area contributed by atoms with Crippen molar-refractivity contribution < 1.29 is 4.74 Å². The smallest absolute Gasteiger partial charge is 0.218 e. The third kappa shape index (κ3) is 2.99. The minimum Gasteiger partial charge on any atom is -0.481 e. The zero-order valence-corrected chi connectivity index (χ0v) is 13.3. The predicted octanol–water partition coefficient (Wildman–Crippen LogP) is 1.45. The Morgan fingerprint density at radius 2 is 1.91 bits per heavy atom. The van der Waals surface area contributed by atoms with Crippen molar-refractivity contribution in [1.29, 1.82) is 0 Å². The Morgan fingerprint density at radius 1 is 1.09 bits per heavy atom. The molecule has 0 amide bonds. The van der Waals surface area contributed by atoms with E-state index in [4.69, 9.17) is 4.74 Å². The molecule has 0 radical (unpaired) electrons. The molecule has 0 spiro atoms. The minimum absolute atomic E-state index is 0.629. The molecule has 0 unspecified atom stereocenters. The van der Waals surface area contributed by atoms with Gasteiger partial charge in [-0.05, 0) is 24.0 Å². The summed E-state index contributed by atoms with van der Waals surface area (Å²) >= 11 is 0. The molecule has 0 saturated carbocycles. The molecule has 2 saturated heterocycles. The monoisotopic (exact) mass is 311 g/mol. The van der Waals surface area contributed by atoms with E-state index in [9.17, 15) is 0 Å². The van der Waals surface area contributed by atoms with Crippen LogP contribution in [0.5, 0.6) is 5.88 Å². The van der Waals surface area contributed by atoms with Gasteiger partial charge in [0.05, 0.1) is 12.8 Å². The average molecular weight is 311 g/mol. The fourth-order valence-corrected chi connectivity index (χ4v) is 3.74. The molecule has 2 aliphatic rings. The van der Waals surface area contributed by atoms with Crippen molar-refractivity contribution in [2.75, 3.05) is 38.2 Å². The molecule has 6 heteroatoms. The van der Waals surface area contributed by atoms with Crippen molar-refractivity contribution in [3.05, 3.63) is 42.5 Å². The molecule has 2 atom stereocenters.